The molecule has 4 nitrogen and oxygen atoms in total. The summed E-state index contributed by atoms with van der Waals surface area (Å²) in [6.07, 6.45) is 0.991. The fraction of sp³-hybridized carbons (Fsp3) is 0.462. The van der Waals surface area contributed by atoms with E-state index in [9.17, 15) is 9.59 Å². The van der Waals surface area contributed by atoms with Gasteiger partial charge in [-0.1, -0.05) is 68.3 Å². The molecule has 0 aliphatic carbocycles. The molecule has 0 radical (unpaired) electrons. The molecule has 2 amide bonds. The quantitative estimate of drug-likeness (QED) is 0.478. The van der Waals surface area contributed by atoms with Crippen molar-refractivity contribution in [2.75, 3.05) is 12.3 Å². The number of benzene rings is 2. The van der Waals surface area contributed by atoms with Crippen molar-refractivity contribution in [2.45, 2.75) is 64.9 Å². The molecule has 0 fully saturated rings. The van der Waals surface area contributed by atoms with Crippen LogP contribution < -0.4 is 5.32 Å². The van der Waals surface area contributed by atoms with Crippen LogP contribution in [0, 0.1) is 19.8 Å². The molecule has 0 heterocycles. The standard InChI is InChI=1S/C26H36N2O2S/c1-6-24(26(30)27-17-19(2)3)28(18-22-11-7-20(4)8-12-22)25(29)15-16-31-23-13-9-21(5)10-14-23/h7-14,19,24H,6,15-18H2,1-5H3,(H,27,30)/t24-/m1/s1. The number of nitrogens with one attached hydrogen (secondary N) is 1. The Bertz CT molecular complexity index is 831. The molecular formula is C26H36N2O2S. The number of carbonyl (C=O) groups is 2. The van der Waals surface area contributed by atoms with Crippen LogP contribution >= 0.6 is 11.8 Å². The maximum Gasteiger partial charge on any atom is 0.242 e. The molecule has 168 valence electrons. The molecule has 2 aromatic carbocycles. The molecule has 0 saturated heterocycles. The lowest BCUT2D eigenvalue weighted by Crippen LogP contribution is -2.49. The molecule has 0 bridgehead atoms. The summed E-state index contributed by atoms with van der Waals surface area (Å²) >= 11 is 1.68. The van der Waals surface area contributed by atoms with Crippen LogP contribution in [0.4, 0.5) is 0 Å². The molecule has 0 aliphatic rings. The van der Waals surface area contributed by atoms with E-state index in [2.05, 4.69) is 50.4 Å². The van der Waals surface area contributed by atoms with Crippen molar-refractivity contribution in [1.82, 2.24) is 10.2 Å². The zero-order valence-electron chi connectivity index (χ0n) is 19.5. The van der Waals surface area contributed by atoms with Gasteiger partial charge in [0, 0.05) is 30.2 Å². The van der Waals surface area contributed by atoms with Crippen molar-refractivity contribution in [2.24, 2.45) is 5.92 Å². The molecule has 0 unspecified atom stereocenters. The van der Waals surface area contributed by atoms with Gasteiger partial charge in [-0.15, -0.1) is 11.8 Å². The first-order valence-electron chi connectivity index (χ1n) is 11.1. The topological polar surface area (TPSA) is 49.4 Å². The zero-order chi connectivity index (χ0) is 22.8. The first-order chi connectivity index (χ1) is 14.8. The SMILES string of the molecule is CC[C@H](C(=O)NCC(C)C)N(Cc1ccc(C)cc1)C(=O)CCSc1ccc(C)cc1. The van der Waals surface area contributed by atoms with E-state index < -0.39 is 6.04 Å². The molecular weight excluding hydrogens is 404 g/mol. The number of thioether (sulfide) groups is 1. The van der Waals surface area contributed by atoms with E-state index in [-0.39, 0.29) is 11.8 Å². The van der Waals surface area contributed by atoms with E-state index in [4.69, 9.17) is 0 Å². The number of carbonyl (C=O) groups excluding carboxylic acids is 2. The van der Waals surface area contributed by atoms with Crippen molar-refractivity contribution < 1.29 is 9.59 Å². The predicted molar refractivity (Wildman–Crippen MR) is 130 cm³/mol. The number of nitrogens with zero attached hydrogens (tertiary/aromatic N) is 1. The summed E-state index contributed by atoms with van der Waals surface area (Å²) in [5.41, 5.74) is 3.45. The lowest BCUT2D eigenvalue weighted by atomic mass is 10.1. The summed E-state index contributed by atoms with van der Waals surface area (Å²) in [5.74, 6) is 1.01. The molecule has 2 rings (SSSR count). The highest BCUT2D eigenvalue weighted by Crippen LogP contribution is 2.21. The van der Waals surface area contributed by atoms with Crippen LogP contribution in [0.15, 0.2) is 53.4 Å². The molecule has 2 aromatic rings. The van der Waals surface area contributed by atoms with Crippen molar-refractivity contribution in [3.05, 3.63) is 65.2 Å². The van der Waals surface area contributed by atoms with Gasteiger partial charge in [-0.25, -0.2) is 0 Å². The van der Waals surface area contributed by atoms with Crippen LogP contribution in [-0.2, 0) is 16.1 Å². The Hall–Kier alpha value is -2.27. The molecule has 0 saturated carbocycles. The highest BCUT2D eigenvalue weighted by Gasteiger charge is 2.28. The Morgan fingerprint density at radius 2 is 1.55 bits per heavy atom. The second-order valence-corrected chi connectivity index (χ2v) is 9.65. The van der Waals surface area contributed by atoms with Gasteiger partial charge in [-0.2, -0.15) is 0 Å². The number of rotatable bonds is 11. The molecule has 1 atom stereocenters. The summed E-state index contributed by atoms with van der Waals surface area (Å²) < 4.78 is 0. The van der Waals surface area contributed by atoms with Gasteiger partial charge in [0.15, 0.2) is 0 Å². The molecule has 1 N–H and O–H groups in total. The van der Waals surface area contributed by atoms with Crippen molar-refractivity contribution in [1.29, 1.82) is 0 Å². The van der Waals surface area contributed by atoms with Gasteiger partial charge in [0.05, 0.1) is 0 Å². The summed E-state index contributed by atoms with van der Waals surface area (Å²) in [6, 6.07) is 16.0. The van der Waals surface area contributed by atoms with E-state index in [1.807, 2.05) is 38.1 Å². The van der Waals surface area contributed by atoms with E-state index in [1.54, 1.807) is 16.7 Å². The normalized spacial score (nSPS) is 11.9. The minimum atomic E-state index is -0.461. The zero-order valence-corrected chi connectivity index (χ0v) is 20.3. The largest absolute Gasteiger partial charge is 0.354 e. The number of amides is 2. The van der Waals surface area contributed by atoms with Crippen LogP contribution in [0.5, 0.6) is 0 Å². The van der Waals surface area contributed by atoms with Crippen molar-refractivity contribution in [3.63, 3.8) is 0 Å². The average molecular weight is 441 g/mol. The number of hydrogen-bond donors (Lipinski definition) is 1. The summed E-state index contributed by atoms with van der Waals surface area (Å²) in [7, 11) is 0. The third-order valence-corrected chi connectivity index (χ3v) is 6.16. The molecule has 31 heavy (non-hydrogen) atoms. The highest BCUT2D eigenvalue weighted by molar-refractivity contribution is 7.99. The summed E-state index contributed by atoms with van der Waals surface area (Å²) in [5, 5.41) is 3.01. The van der Waals surface area contributed by atoms with Crippen LogP contribution in [0.1, 0.15) is 50.3 Å². The molecule has 0 aliphatic heterocycles. The van der Waals surface area contributed by atoms with E-state index in [1.165, 1.54) is 11.1 Å². The average Bonchev–Trinajstić information content (AvgIpc) is 2.74. The minimum absolute atomic E-state index is 0.0201. The van der Waals surface area contributed by atoms with Crippen LogP contribution in [0.25, 0.3) is 0 Å². The fourth-order valence-electron chi connectivity index (χ4n) is 3.27. The van der Waals surface area contributed by atoms with Crippen molar-refractivity contribution >= 4 is 23.6 Å². The van der Waals surface area contributed by atoms with Gasteiger partial charge < -0.3 is 10.2 Å². The predicted octanol–water partition coefficient (Wildman–Crippen LogP) is 5.37. The third kappa shape index (κ3) is 8.41. The Balaban J connectivity index is 2.10. The van der Waals surface area contributed by atoms with Gasteiger partial charge in [-0.05, 0) is 43.9 Å². The summed E-state index contributed by atoms with van der Waals surface area (Å²) in [4.78, 5) is 29.0. The monoisotopic (exact) mass is 440 g/mol. The van der Waals surface area contributed by atoms with Crippen molar-refractivity contribution in [3.8, 4) is 0 Å². The number of hydrogen-bond acceptors (Lipinski definition) is 3. The van der Waals surface area contributed by atoms with Crippen LogP contribution in [0.2, 0.25) is 0 Å². The second kappa shape index (κ2) is 12.6. The van der Waals surface area contributed by atoms with E-state index in [0.29, 0.717) is 37.6 Å². The molecule has 0 spiro atoms. The van der Waals surface area contributed by atoms with E-state index in [0.717, 1.165) is 10.5 Å². The lowest BCUT2D eigenvalue weighted by Gasteiger charge is -2.31. The van der Waals surface area contributed by atoms with E-state index >= 15 is 0 Å². The van der Waals surface area contributed by atoms with Gasteiger partial charge in [0.25, 0.3) is 0 Å². The van der Waals surface area contributed by atoms with Crippen LogP contribution in [0.3, 0.4) is 0 Å². The van der Waals surface area contributed by atoms with Crippen LogP contribution in [-0.4, -0.2) is 35.1 Å². The Kier molecular flexibility index (Phi) is 10.1. The van der Waals surface area contributed by atoms with Gasteiger partial charge in [0.1, 0.15) is 6.04 Å². The Morgan fingerprint density at radius 1 is 0.968 bits per heavy atom. The Morgan fingerprint density at radius 3 is 2.10 bits per heavy atom. The minimum Gasteiger partial charge on any atom is -0.354 e. The first-order valence-corrected chi connectivity index (χ1v) is 12.1. The maximum atomic E-state index is 13.2. The van der Waals surface area contributed by atoms with Gasteiger partial charge in [-0.3, -0.25) is 9.59 Å². The highest BCUT2D eigenvalue weighted by atomic mass is 32.2. The Labute approximate surface area is 191 Å². The fourth-order valence-corrected chi connectivity index (χ4v) is 4.11. The summed E-state index contributed by atoms with van der Waals surface area (Å²) in [6.45, 7) is 11.3. The first kappa shape index (κ1) is 25.0. The molecule has 5 heteroatoms. The third-order valence-electron chi connectivity index (χ3n) is 5.15. The van der Waals surface area contributed by atoms with Gasteiger partial charge in [0.2, 0.25) is 11.8 Å². The maximum absolute atomic E-state index is 13.2. The van der Waals surface area contributed by atoms with Gasteiger partial charge >= 0.3 is 0 Å². The lowest BCUT2D eigenvalue weighted by molar-refractivity contribution is -0.141. The second-order valence-electron chi connectivity index (χ2n) is 8.48. The number of aryl methyl sites for hydroxylation is 2. The molecule has 0 aromatic heterocycles. The smallest absolute Gasteiger partial charge is 0.242 e.